The van der Waals surface area contributed by atoms with Crippen LogP contribution in [0.2, 0.25) is 0 Å². The molecule has 0 aromatic carbocycles. The molecule has 0 amide bonds. The largest absolute Gasteiger partial charge is 0.461 e. The van der Waals surface area contributed by atoms with Crippen LogP contribution in [0.25, 0.3) is 0 Å². The van der Waals surface area contributed by atoms with E-state index in [0.29, 0.717) is 0 Å². The normalized spacial score (nSPS) is 9.50. The first-order valence-corrected chi connectivity index (χ1v) is 4.85. The van der Waals surface area contributed by atoms with Crippen molar-refractivity contribution in [3.8, 4) is 0 Å². The lowest BCUT2D eigenvalue weighted by Crippen LogP contribution is -2.14. The van der Waals surface area contributed by atoms with Crippen molar-refractivity contribution in [3.05, 3.63) is 12.2 Å². The molecule has 0 saturated carbocycles. The molecule has 0 bridgehead atoms. The lowest BCUT2D eigenvalue weighted by molar-refractivity contribution is -0.148. The predicted octanol–water partition coefficient (Wildman–Crippen LogP) is 0.941. The summed E-state index contributed by atoms with van der Waals surface area (Å²) >= 11 is 0. The van der Waals surface area contributed by atoms with E-state index in [4.69, 9.17) is 0 Å². The van der Waals surface area contributed by atoms with Crippen LogP contribution in [0.1, 0.15) is 6.92 Å². The fourth-order valence-electron chi connectivity index (χ4n) is 0.511. The summed E-state index contributed by atoms with van der Waals surface area (Å²) in [6, 6.07) is 0. The molecule has 14 heavy (non-hydrogen) atoms. The van der Waals surface area contributed by atoms with Crippen molar-refractivity contribution in [1.29, 1.82) is 0 Å². The molecular weight excluding hydrogens is 207 g/mol. The Morgan fingerprint density at radius 1 is 1.29 bits per heavy atom. The van der Waals surface area contributed by atoms with Crippen LogP contribution in [0.4, 0.5) is 0 Å². The van der Waals surface area contributed by atoms with Gasteiger partial charge >= 0.3 is 11.9 Å². The van der Waals surface area contributed by atoms with Gasteiger partial charge in [0.15, 0.2) is 8.46 Å². The van der Waals surface area contributed by atoms with E-state index < -0.39 is 11.9 Å². The van der Waals surface area contributed by atoms with Crippen molar-refractivity contribution in [2.45, 2.75) is 6.92 Å². The number of hydrogen-bond donors (Lipinski definition) is 0. The second-order valence-corrected chi connectivity index (χ2v) is 3.00. The molecular formula is C8H11O5P. The second-order valence-electron chi connectivity index (χ2n) is 2.42. The third-order valence-corrected chi connectivity index (χ3v) is 1.51. The van der Waals surface area contributed by atoms with Crippen molar-refractivity contribution in [1.82, 2.24) is 0 Å². The molecule has 0 rings (SSSR count). The maximum Gasteiger partial charge on any atom is 0.333 e. The van der Waals surface area contributed by atoms with Gasteiger partial charge < -0.3 is 9.47 Å². The first-order chi connectivity index (χ1) is 6.57. The molecule has 0 N–H and O–H groups in total. The van der Waals surface area contributed by atoms with Gasteiger partial charge in [0.05, 0.1) is 0 Å². The Hall–Kier alpha value is -1.22. The van der Waals surface area contributed by atoms with E-state index in [1.807, 2.05) is 0 Å². The molecule has 6 heteroatoms. The average molecular weight is 218 g/mol. The van der Waals surface area contributed by atoms with Crippen LogP contribution >= 0.6 is 8.46 Å². The van der Waals surface area contributed by atoms with Gasteiger partial charge in [-0.1, -0.05) is 6.58 Å². The molecule has 0 aromatic heterocycles. The van der Waals surface area contributed by atoms with Gasteiger partial charge in [-0.25, -0.2) is 4.79 Å². The molecule has 78 valence electrons. The molecule has 0 aliphatic carbocycles. The summed E-state index contributed by atoms with van der Waals surface area (Å²) in [5, 5.41) is 0. The predicted molar refractivity (Wildman–Crippen MR) is 49.2 cm³/mol. The van der Waals surface area contributed by atoms with E-state index >= 15 is 0 Å². The molecule has 0 heterocycles. The quantitative estimate of drug-likeness (QED) is 0.287. The second kappa shape index (κ2) is 7.21. The molecule has 0 aliphatic rings. The summed E-state index contributed by atoms with van der Waals surface area (Å²) in [5.74, 6) is -1.11. The molecule has 5 nitrogen and oxygen atoms in total. The highest BCUT2D eigenvalue weighted by Crippen LogP contribution is 1.94. The third kappa shape index (κ3) is 6.31. The van der Waals surface area contributed by atoms with E-state index in [2.05, 4.69) is 16.1 Å². The monoisotopic (exact) mass is 218 g/mol. The fourth-order valence-corrected chi connectivity index (χ4v) is 0.708. The lowest BCUT2D eigenvalue weighted by Gasteiger charge is -2.04. The van der Waals surface area contributed by atoms with Crippen LogP contribution in [-0.2, 0) is 23.6 Å². The zero-order chi connectivity index (χ0) is 11.0. The number of esters is 2. The minimum Gasteiger partial charge on any atom is -0.461 e. The highest BCUT2D eigenvalue weighted by atomic mass is 31.1. The van der Waals surface area contributed by atoms with E-state index in [1.54, 1.807) is 0 Å². The van der Waals surface area contributed by atoms with Gasteiger partial charge in [0.25, 0.3) is 0 Å². The van der Waals surface area contributed by atoms with Crippen molar-refractivity contribution in [2.75, 3.05) is 19.4 Å². The van der Waals surface area contributed by atoms with Crippen molar-refractivity contribution < 1.29 is 23.6 Å². The molecule has 0 unspecified atom stereocenters. The summed E-state index contributed by atoms with van der Waals surface area (Å²) in [4.78, 5) is 21.4. The summed E-state index contributed by atoms with van der Waals surface area (Å²) in [5.41, 5.74) is 0.286. The van der Waals surface area contributed by atoms with E-state index in [-0.39, 0.29) is 33.4 Å². The van der Waals surface area contributed by atoms with E-state index in [9.17, 15) is 14.2 Å². The topological polar surface area (TPSA) is 69.7 Å². The Kier molecular flexibility index (Phi) is 6.58. The Morgan fingerprint density at radius 3 is 2.36 bits per heavy atom. The smallest absolute Gasteiger partial charge is 0.333 e. The number of hydrogen-bond acceptors (Lipinski definition) is 5. The summed E-state index contributed by atoms with van der Waals surface area (Å²) < 4.78 is 19.1. The molecule has 0 atom stereocenters. The molecule has 0 aliphatic heterocycles. The zero-order valence-electron chi connectivity index (χ0n) is 7.82. The molecule has 0 aromatic rings. The number of ether oxygens (including phenoxy) is 2. The Balaban J connectivity index is 3.47. The van der Waals surface area contributed by atoms with Crippen molar-refractivity contribution in [3.63, 3.8) is 0 Å². The number of rotatable bonds is 6. The zero-order valence-corrected chi connectivity index (χ0v) is 8.71. The summed E-state index contributed by atoms with van der Waals surface area (Å²) in [6.07, 6.45) is -0.186. The highest BCUT2D eigenvalue weighted by molar-refractivity contribution is 7.25. The van der Waals surface area contributed by atoms with Crippen LogP contribution in [-0.4, -0.2) is 31.3 Å². The van der Waals surface area contributed by atoms with E-state index in [1.165, 1.54) is 6.92 Å². The maximum absolute atomic E-state index is 10.8. The van der Waals surface area contributed by atoms with Crippen LogP contribution in [0.3, 0.4) is 0 Å². The standard InChI is InChI=1S/C8H11O5P/c1-6(2)8(10)13-4-3-12-7(9)5-14-11/h1,3-5H2,2H3. The molecule has 0 radical (unpaired) electrons. The first kappa shape index (κ1) is 12.8. The summed E-state index contributed by atoms with van der Waals surface area (Å²) in [7, 11) is -0.286. The molecule has 0 fully saturated rings. The van der Waals surface area contributed by atoms with Gasteiger partial charge in [0.2, 0.25) is 0 Å². The number of carbonyl (C=O) groups excluding carboxylic acids is 2. The van der Waals surface area contributed by atoms with Gasteiger partial charge in [-0.05, 0) is 6.92 Å². The van der Waals surface area contributed by atoms with Gasteiger partial charge in [0, 0.05) is 5.57 Å². The Bertz CT molecular complexity index is 248. The van der Waals surface area contributed by atoms with Gasteiger partial charge in [-0.15, -0.1) is 0 Å². The van der Waals surface area contributed by atoms with E-state index in [0.717, 1.165) is 0 Å². The first-order valence-electron chi connectivity index (χ1n) is 3.85. The van der Waals surface area contributed by atoms with Gasteiger partial charge in [-0.2, -0.15) is 0 Å². The minimum absolute atomic E-state index is 0.0207. The number of carbonyl (C=O) groups is 2. The third-order valence-electron chi connectivity index (χ3n) is 1.12. The highest BCUT2D eigenvalue weighted by Gasteiger charge is 2.04. The maximum atomic E-state index is 10.8. The van der Waals surface area contributed by atoms with Gasteiger partial charge in [-0.3, -0.25) is 9.36 Å². The van der Waals surface area contributed by atoms with Crippen LogP contribution in [0.15, 0.2) is 12.2 Å². The van der Waals surface area contributed by atoms with Crippen LogP contribution in [0, 0.1) is 0 Å². The Morgan fingerprint density at radius 2 is 1.86 bits per heavy atom. The lowest BCUT2D eigenvalue weighted by atomic mass is 10.4. The SMILES string of the molecule is C=C(C)C(=O)OCCOC(=O)CP=O. The molecule has 0 spiro atoms. The van der Waals surface area contributed by atoms with Crippen molar-refractivity contribution in [2.24, 2.45) is 0 Å². The van der Waals surface area contributed by atoms with Crippen LogP contribution in [0.5, 0.6) is 0 Å². The molecule has 0 saturated heterocycles. The van der Waals surface area contributed by atoms with Crippen LogP contribution < -0.4 is 0 Å². The Labute approximate surface area is 83.3 Å². The average Bonchev–Trinajstić information content (AvgIpc) is 2.12. The summed E-state index contributed by atoms with van der Waals surface area (Å²) in [6.45, 7) is 4.84. The van der Waals surface area contributed by atoms with Gasteiger partial charge in [0.1, 0.15) is 19.4 Å². The fraction of sp³-hybridized carbons (Fsp3) is 0.500. The minimum atomic E-state index is -0.590. The van der Waals surface area contributed by atoms with Crippen molar-refractivity contribution >= 4 is 20.4 Å².